The molecule has 0 saturated heterocycles. The average molecular weight is 969 g/mol. The Hall–Kier alpha value is -2.18. The maximum absolute atomic E-state index is 12.5. The molecule has 6 nitrogen and oxygen atoms in total. The molecule has 0 bridgehead atoms. The lowest BCUT2D eigenvalue weighted by atomic mass is 10.0. The number of amides is 1. The minimum absolute atomic E-state index is 0.00792. The summed E-state index contributed by atoms with van der Waals surface area (Å²) in [5.41, 5.74) is 0. The molecule has 0 aromatic rings. The summed E-state index contributed by atoms with van der Waals surface area (Å²) in [6.45, 7) is 4.90. The maximum atomic E-state index is 12.5. The molecule has 404 valence electrons. The molecule has 0 aromatic carbocycles. The van der Waals surface area contributed by atoms with Crippen molar-refractivity contribution in [2.75, 3.05) is 13.2 Å². The zero-order valence-corrected chi connectivity index (χ0v) is 46.0. The van der Waals surface area contributed by atoms with Gasteiger partial charge in [0.2, 0.25) is 5.91 Å². The molecule has 69 heavy (non-hydrogen) atoms. The molecule has 0 rings (SSSR count). The first-order chi connectivity index (χ1) is 34.0. The van der Waals surface area contributed by atoms with Crippen molar-refractivity contribution < 1.29 is 24.5 Å². The summed E-state index contributed by atoms with van der Waals surface area (Å²) in [4.78, 5) is 24.5. The van der Waals surface area contributed by atoms with Crippen LogP contribution in [0.3, 0.4) is 0 Å². The number of rotatable bonds is 56. The fourth-order valence-electron chi connectivity index (χ4n) is 9.16. The van der Waals surface area contributed by atoms with Gasteiger partial charge in [-0.3, -0.25) is 9.59 Å². The van der Waals surface area contributed by atoms with E-state index in [9.17, 15) is 19.8 Å². The fourth-order valence-corrected chi connectivity index (χ4v) is 9.16. The topological polar surface area (TPSA) is 95.9 Å². The van der Waals surface area contributed by atoms with Crippen molar-refractivity contribution in [3.05, 3.63) is 48.6 Å². The highest BCUT2D eigenvalue weighted by atomic mass is 16.5. The van der Waals surface area contributed by atoms with Crippen LogP contribution in [0.2, 0.25) is 0 Å². The Morgan fingerprint density at radius 1 is 0.406 bits per heavy atom. The molecule has 1 amide bonds. The third-order valence-electron chi connectivity index (χ3n) is 13.9. The third kappa shape index (κ3) is 55.0. The van der Waals surface area contributed by atoms with Crippen molar-refractivity contribution in [3.8, 4) is 0 Å². The fraction of sp³-hybridized carbons (Fsp3) is 0.841. The molecule has 2 unspecified atom stereocenters. The van der Waals surface area contributed by atoms with Crippen LogP contribution in [0.4, 0.5) is 0 Å². The number of hydrogen-bond donors (Lipinski definition) is 3. The number of nitrogens with one attached hydrogen (secondary N) is 1. The Labute approximate surface area is 429 Å². The van der Waals surface area contributed by atoms with Crippen LogP contribution in [0.25, 0.3) is 0 Å². The second-order valence-corrected chi connectivity index (χ2v) is 20.7. The highest BCUT2D eigenvalue weighted by Crippen LogP contribution is 2.17. The Bertz CT molecular complexity index is 1160. The van der Waals surface area contributed by atoms with Crippen LogP contribution in [0.1, 0.15) is 316 Å². The van der Waals surface area contributed by atoms with E-state index in [1.165, 1.54) is 212 Å². The maximum Gasteiger partial charge on any atom is 0.305 e. The van der Waals surface area contributed by atoms with Gasteiger partial charge in [-0.05, 0) is 83.5 Å². The first-order valence-corrected chi connectivity index (χ1v) is 30.4. The van der Waals surface area contributed by atoms with E-state index in [0.29, 0.717) is 25.9 Å². The number of aliphatic hydroxyl groups excluding tert-OH is 2. The van der Waals surface area contributed by atoms with Gasteiger partial charge in [-0.15, -0.1) is 0 Å². The van der Waals surface area contributed by atoms with Crippen LogP contribution in [-0.4, -0.2) is 47.4 Å². The minimum atomic E-state index is -0.671. The van der Waals surface area contributed by atoms with Crippen LogP contribution in [0.15, 0.2) is 48.6 Å². The third-order valence-corrected chi connectivity index (χ3v) is 13.9. The summed E-state index contributed by atoms with van der Waals surface area (Å²) >= 11 is 0. The molecule has 0 aliphatic rings. The lowest BCUT2D eigenvalue weighted by Gasteiger charge is -2.22. The van der Waals surface area contributed by atoms with Crippen LogP contribution in [-0.2, 0) is 14.3 Å². The van der Waals surface area contributed by atoms with Gasteiger partial charge in [-0.1, -0.05) is 268 Å². The van der Waals surface area contributed by atoms with E-state index < -0.39 is 12.1 Å². The number of hydrogen-bond acceptors (Lipinski definition) is 5. The van der Waals surface area contributed by atoms with Gasteiger partial charge >= 0.3 is 5.97 Å². The number of esters is 1. The number of carbonyl (C=O) groups is 2. The summed E-state index contributed by atoms with van der Waals surface area (Å²) in [5, 5.41) is 23.3. The van der Waals surface area contributed by atoms with E-state index in [1.54, 1.807) is 0 Å². The number of ether oxygens (including phenoxy) is 1. The second-order valence-electron chi connectivity index (χ2n) is 20.7. The minimum Gasteiger partial charge on any atom is -0.466 e. The predicted molar refractivity (Wildman–Crippen MR) is 301 cm³/mol. The van der Waals surface area contributed by atoms with Gasteiger partial charge in [0.1, 0.15) is 0 Å². The van der Waals surface area contributed by atoms with Crippen molar-refractivity contribution in [2.24, 2.45) is 0 Å². The van der Waals surface area contributed by atoms with Crippen molar-refractivity contribution in [3.63, 3.8) is 0 Å². The quantitative estimate of drug-likeness (QED) is 0.0321. The Morgan fingerprint density at radius 3 is 1.14 bits per heavy atom. The van der Waals surface area contributed by atoms with E-state index >= 15 is 0 Å². The molecule has 0 heterocycles. The molecule has 0 spiro atoms. The summed E-state index contributed by atoms with van der Waals surface area (Å²) in [6.07, 6.45) is 74.0. The van der Waals surface area contributed by atoms with Crippen LogP contribution in [0, 0.1) is 0 Å². The van der Waals surface area contributed by atoms with Crippen LogP contribution in [0.5, 0.6) is 0 Å². The monoisotopic (exact) mass is 968 g/mol. The van der Waals surface area contributed by atoms with Gasteiger partial charge in [-0.2, -0.15) is 0 Å². The van der Waals surface area contributed by atoms with Crippen molar-refractivity contribution >= 4 is 11.9 Å². The standard InChI is InChI=1S/C63H117NO5/c1-3-5-7-9-11-13-15-17-28-31-35-39-43-47-51-55-61(66)60(59-65)64-62(67)56-52-48-44-40-36-32-29-26-24-22-20-19-21-23-25-27-30-34-38-42-46-50-54-58-69-63(68)57-53-49-45-41-37-33-18-16-14-12-10-8-6-4-2/h10,12,16,18-19,21-22,24,60-61,65-66H,3-9,11,13-15,17,20,23,25-59H2,1-2H3,(H,64,67)/b12-10-,18-16-,21-19-,24-22-. The normalized spacial score (nSPS) is 12.9. The Morgan fingerprint density at radius 2 is 0.739 bits per heavy atom. The largest absolute Gasteiger partial charge is 0.466 e. The molecule has 0 radical (unpaired) electrons. The zero-order valence-electron chi connectivity index (χ0n) is 46.0. The number of carbonyl (C=O) groups excluding carboxylic acids is 2. The van der Waals surface area contributed by atoms with Gasteiger partial charge < -0.3 is 20.3 Å². The SMILES string of the molecule is CCCC/C=C\C/C=C\CCCCCCCC(=O)OCCCCCCCCCCC/C=C\C/C=C\CCCCCCCCCC(=O)NC(CO)C(O)CCCCCCCCCCCCCCCCC. The van der Waals surface area contributed by atoms with E-state index in [1.807, 2.05) is 0 Å². The smallest absolute Gasteiger partial charge is 0.305 e. The predicted octanol–water partition coefficient (Wildman–Crippen LogP) is 19.0. The molecule has 0 aliphatic carbocycles. The number of unbranched alkanes of at least 4 members (excludes halogenated alkanes) is 37. The molecule has 0 saturated carbocycles. The Balaban J connectivity index is 3.46. The summed E-state index contributed by atoms with van der Waals surface area (Å²) in [7, 11) is 0. The molecular weight excluding hydrogens is 851 g/mol. The number of allylic oxidation sites excluding steroid dienone is 8. The molecule has 6 heteroatoms. The first kappa shape index (κ1) is 66.8. The van der Waals surface area contributed by atoms with Crippen LogP contribution < -0.4 is 5.32 Å². The molecule has 2 atom stereocenters. The molecule has 0 aliphatic heterocycles. The molecule has 0 aromatic heterocycles. The van der Waals surface area contributed by atoms with Gasteiger partial charge in [0.15, 0.2) is 0 Å². The van der Waals surface area contributed by atoms with Crippen molar-refractivity contribution in [2.45, 2.75) is 328 Å². The molecule has 3 N–H and O–H groups in total. The molecule has 0 fully saturated rings. The van der Waals surface area contributed by atoms with E-state index in [4.69, 9.17) is 4.74 Å². The summed E-state index contributed by atoms with van der Waals surface area (Å²) < 4.78 is 5.46. The summed E-state index contributed by atoms with van der Waals surface area (Å²) in [6, 6.07) is -0.550. The van der Waals surface area contributed by atoms with Gasteiger partial charge in [0.05, 0.1) is 25.4 Å². The van der Waals surface area contributed by atoms with Crippen molar-refractivity contribution in [1.82, 2.24) is 5.32 Å². The van der Waals surface area contributed by atoms with E-state index in [0.717, 1.165) is 70.6 Å². The zero-order chi connectivity index (χ0) is 50.0. The van der Waals surface area contributed by atoms with Crippen LogP contribution >= 0.6 is 0 Å². The number of aliphatic hydroxyl groups is 2. The highest BCUT2D eigenvalue weighted by Gasteiger charge is 2.20. The molecular formula is C63H117NO5. The van der Waals surface area contributed by atoms with Gasteiger partial charge in [0.25, 0.3) is 0 Å². The summed E-state index contributed by atoms with van der Waals surface area (Å²) in [5.74, 6) is -0.0529. The second kappa shape index (κ2) is 58.4. The highest BCUT2D eigenvalue weighted by molar-refractivity contribution is 5.76. The average Bonchev–Trinajstić information content (AvgIpc) is 3.35. The Kier molecular flexibility index (Phi) is 56.5. The lowest BCUT2D eigenvalue weighted by molar-refractivity contribution is -0.143. The lowest BCUT2D eigenvalue weighted by Crippen LogP contribution is -2.45. The van der Waals surface area contributed by atoms with E-state index in [-0.39, 0.29) is 18.5 Å². The van der Waals surface area contributed by atoms with Gasteiger partial charge in [0, 0.05) is 12.8 Å². The van der Waals surface area contributed by atoms with Gasteiger partial charge in [-0.25, -0.2) is 0 Å². The van der Waals surface area contributed by atoms with Crippen molar-refractivity contribution in [1.29, 1.82) is 0 Å². The van der Waals surface area contributed by atoms with E-state index in [2.05, 4.69) is 67.8 Å². The first-order valence-electron chi connectivity index (χ1n) is 30.4.